The van der Waals surface area contributed by atoms with E-state index >= 15 is 0 Å². The molecular formula is C28H33FN4O7. The minimum Gasteiger partial charge on any atom is -0.481 e. The first-order valence-corrected chi connectivity index (χ1v) is 12.8. The highest BCUT2D eigenvalue weighted by atomic mass is 19.1. The molecule has 2 aromatic rings. The third-order valence-electron chi connectivity index (χ3n) is 6.47. The lowest BCUT2D eigenvalue weighted by molar-refractivity contribution is -0.144. The van der Waals surface area contributed by atoms with Gasteiger partial charge in [0, 0.05) is 17.8 Å². The van der Waals surface area contributed by atoms with Crippen LogP contribution in [0.15, 0.2) is 48.5 Å². The number of hydrogen-bond donors (Lipinski definition) is 4. The van der Waals surface area contributed by atoms with Gasteiger partial charge in [0.25, 0.3) is 0 Å². The maximum Gasteiger partial charge on any atom is 0.319 e. The Bertz CT molecular complexity index is 1270. The van der Waals surface area contributed by atoms with Crippen molar-refractivity contribution in [2.45, 2.75) is 38.8 Å². The number of benzene rings is 2. The van der Waals surface area contributed by atoms with Gasteiger partial charge in [-0.05, 0) is 36.1 Å². The van der Waals surface area contributed by atoms with Gasteiger partial charge in [-0.2, -0.15) is 0 Å². The largest absolute Gasteiger partial charge is 0.481 e. The van der Waals surface area contributed by atoms with E-state index < -0.39 is 60.1 Å². The van der Waals surface area contributed by atoms with E-state index in [0.717, 1.165) is 11.0 Å². The second-order valence-corrected chi connectivity index (χ2v) is 9.86. The Morgan fingerprint density at radius 1 is 1.07 bits per heavy atom. The van der Waals surface area contributed by atoms with Gasteiger partial charge >= 0.3 is 18.0 Å². The van der Waals surface area contributed by atoms with Crippen LogP contribution in [0.5, 0.6) is 0 Å². The van der Waals surface area contributed by atoms with Crippen LogP contribution in [0.3, 0.4) is 0 Å². The highest BCUT2D eigenvalue weighted by Crippen LogP contribution is 2.42. The summed E-state index contributed by atoms with van der Waals surface area (Å²) >= 11 is 0. The van der Waals surface area contributed by atoms with Crippen molar-refractivity contribution in [3.63, 3.8) is 0 Å². The first kappa shape index (κ1) is 30.1. The van der Waals surface area contributed by atoms with Gasteiger partial charge < -0.3 is 30.7 Å². The van der Waals surface area contributed by atoms with E-state index in [1.165, 1.54) is 25.3 Å². The van der Waals surface area contributed by atoms with Gasteiger partial charge in [-0.3, -0.25) is 19.2 Å². The first-order valence-electron chi connectivity index (χ1n) is 12.8. The second-order valence-electron chi connectivity index (χ2n) is 9.86. The molecule has 1 saturated heterocycles. The average Bonchev–Trinajstić information content (AvgIpc) is 3.31. The molecule has 0 radical (unpaired) electrons. The highest BCUT2D eigenvalue weighted by molar-refractivity contribution is 5.95. The van der Waals surface area contributed by atoms with Gasteiger partial charge in [0.1, 0.15) is 11.9 Å². The number of carboxylic acid groups (broad SMARTS) is 1. The molecule has 3 unspecified atom stereocenters. The summed E-state index contributed by atoms with van der Waals surface area (Å²) in [5, 5.41) is 17.6. The predicted molar refractivity (Wildman–Crippen MR) is 143 cm³/mol. The Kier molecular flexibility index (Phi) is 10.2. The quantitative estimate of drug-likeness (QED) is 0.328. The maximum atomic E-state index is 14.8. The number of carboxylic acids is 1. The summed E-state index contributed by atoms with van der Waals surface area (Å²) in [5.41, 5.74) is 0.920. The van der Waals surface area contributed by atoms with E-state index in [0.29, 0.717) is 17.8 Å². The Balaban J connectivity index is 1.80. The summed E-state index contributed by atoms with van der Waals surface area (Å²) < 4.78 is 19.5. The zero-order chi connectivity index (χ0) is 29.4. The zero-order valence-corrected chi connectivity index (χ0v) is 22.5. The van der Waals surface area contributed by atoms with Crippen molar-refractivity contribution in [2.24, 2.45) is 11.8 Å². The van der Waals surface area contributed by atoms with Crippen LogP contribution in [0.1, 0.15) is 37.4 Å². The van der Waals surface area contributed by atoms with Crippen molar-refractivity contribution in [1.29, 1.82) is 0 Å². The van der Waals surface area contributed by atoms with Crippen molar-refractivity contribution >= 4 is 35.5 Å². The van der Waals surface area contributed by atoms with Crippen LogP contribution in [0.2, 0.25) is 0 Å². The van der Waals surface area contributed by atoms with Crippen LogP contribution >= 0.6 is 0 Å². The number of carbonyl (C=O) groups is 5. The molecule has 1 aliphatic heterocycles. The number of ether oxygens (including phenoxy) is 1. The van der Waals surface area contributed by atoms with Gasteiger partial charge in [-0.15, -0.1) is 0 Å². The fourth-order valence-electron chi connectivity index (χ4n) is 4.59. The third-order valence-corrected chi connectivity index (χ3v) is 6.47. The number of urea groups is 1. The Labute approximate surface area is 231 Å². The molecule has 0 bridgehead atoms. The number of nitrogens with zero attached hydrogens (tertiary/aromatic N) is 1. The summed E-state index contributed by atoms with van der Waals surface area (Å²) in [6.45, 7) is 3.48. The lowest BCUT2D eigenvalue weighted by Gasteiger charge is -2.31. The number of methoxy groups -OCH3 is 1. The lowest BCUT2D eigenvalue weighted by atomic mass is 9.92. The number of esters is 1. The number of anilines is 1. The Morgan fingerprint density at radius 2 is 1.80 bits per heavy atom. The molecule has 0 spiro atoms. The highest BCUT2D eigenvalue weighted by Gasteiger charge is 2.51. The van der Waals surface area contributed by atoms with Crippen molar-refractivity contribution in [1.82, 2.24) is 15.5 Å². The molecule has 4 amide bonds. The Hall–Kier alpha value is -4.48. The van der Waals surface area contributed by atoms with Crippen LogP contribution in [-0.4, -0.2) is 66.0 Å². The van der Waals surface area contributed by atoms with Crippen molar-refractivity contribution in [2.75, 3.05) is 25.5 Å². The predicted octanol–water partition coefficient (Wildman–Crippen LogP) is 2.48. The second kappa shape index (κ2) is 13.5. The molecule has 1 fully saturated rings. The molecule has 4 N–H and O–H groups in total. The molecule has 3 atom stereocenters. The number of halogens is 1. The van der Waals surface area contributed by atoms with Crippen LogP contribution in [0, 0.1) is 17.7 Å². The average molecular weight is 557 g/mol. The van der Waals surface area contributed by atoms with E-state index in [-0.39, 0.29) is 24.3 Å². The topological polar surface area (TPSA) is 154 Å². The van der Waals surface area contributed by atoms with Gasteiger partial charge in [-0.25, -0.2) is 9.18 Å². The van der Waals surface area contributed by atoms with E-state index in [1.54, 1.807) is 24.3 Å². The number of hydrogen-bond acceptors (Lipinski definition) is 6. The van der Waals surface area contributed by atoms with Crippen molar-refractivity contribution < 1.29 is 38.2 Å². The summed E-state index contributed by atoms with van der Waals surface area (Å²) in [4.78, 5) is 63.9. The maximum absolute atomic E-state index is 14.8. The van der Waals surface area contributed by atoms with Crippen molar-refractivity contribution in [3.8, 4) is 0 Å². The molecule has 3 rings (SSSR count). The van der Waals surface area contributed by atoms with Crippen LogP contribution in [0.25, 0.3) is 0 Å². The fourth-order valence-corrected chi connectivity index (χ4v) is 4.59. The standard InChI is InChI=1S/C28H33FN4O7/c1-16(2)14-30-26(36)22-13-20(27(37)38)25(19-9-4-5-10-21(19)29)33(22)23(34)15-31-28(39)32-18-8-6-7-17(11-18)12-24(35)40-3/h4-11,16,20,22,25H,12-15H2,1-3H3,(H,30,36)(H,37,38)(H2,31,32,39). The van der Waals surface area contributed by atoms with Crippen LogP contribution < -0.4 is 16.0 Å². The number of carbonyl (C=O) groups excluding carboxylic acids is 4. The normalized spacial score (nSPS) is 18.2. The molecule has 11 nitrogen and oxygen atoms in total. The molecule has 0 aromatic heterocycles. The summed E-state index contributed by atoms with van der Waals surface area (Å²) in [5.74, 6) is -4.89. The van der Waals surface area contributed by atoms with Crippen molar-refractivity contribution in [3.05, 3.63) is 65.5 Å². The summed E-state index contributed by atoms with van der Waals surface area (Å²) in [7, 11) is 1.27. The molecule has 0 saturated carbocycles. The molecule has 12 heteroatoms. The zero-order valence-electron chi connectivity index (χ0n) is 22.5. The minimum atomic E-state index is -1.28. The van der Waals surface area contributed by atoms with E-state index in [4.69, 9.17) is 0 Å². The lowest BCUT2D eigenvalue weighted by Crippen LogP contribution is -2.50. The number of aliphatic carboxylic acids is 1. The molecule has 40 heavy (non-hydrogen) atoms. The third kappa shape index (κ3) is 7.55. The Morgan fingerprint density at radius 3 is 2.45 bits per heavy atom. The summed E-state index contributed by atoms with van der Waals surface area (Å²) in [6.07, 6.45) is -0.216. The molecule has 0 aliphatic carbocycles. The smallest absolute Gasteiger partial charge is 0.319 e. The fraction of sp³-hybridized carbons (Fsp3) is 0.393. The minimum absolute atomic E-state index is 0.00350. The van der Waals surface area contributed by atoms with Crippen LogP contribution in [-0.2, 0) is 30.3 Å². The van der Waals surface area contributed by atoms with Gasteiger partial charge in [0.15, 0.2) is 0 Å². The molecule has 1 heterocycles. The monoisotopic (exact) mass is 556 g/mol. The van der Waals surface area contributed by atoms with E-state index in [2.05, 4.69) is 20.7 Å². The first-order chi connectivity index (χ1) is 19.0. The van der Waals surface area contributed by atoms with E-state index in [9.17, 15) is 33.5 Å². The number of likely N-dealkylation sites (tertiary alicyclic amines) is 1. The van der Waals surface area contributed by atoms with Gasteiger partial charge in [0.2, 0.25) is 11.8 Å². The SMILES string of the molecule is COC(=O)Cc1cccc(NC(=O)NCC(=O)N2C(C(=O)NCC(C)C)CC(C(=O)O)C2c2ccccc2F)c1. The number of nitrogens with one attached hydrogen (secondary N) is 3. The van der Waals surface area contributed by atoms with Crippen LogP contribution in [0.4, 0.5) is 14.9 Å². The summed E-state index contributed by atoms with van der Waals surface area (Å²) in [6, 6.07) is 8.77. The molecule has 2 aromatic carbocycles. The number of rotatable bonds is 10. The molecule has 214 valence electrons. The van der Waals surface area contributed by atoms with Gasteiger partial charge in [0.05, 0.1) is 32.0 Å². The number of amides is 4. The molecule has 1 aliphatic rings. The molecular weight excluding hydrogens is 523 g/mol. The van der Waals surface area contributed by atoms with Gasteiger partial charge in [-0.1, -0.05) is 44.2 Å². The van der Waals surface area contributed by atoms with E-state index in [1.807, 2.05) is 13.8 Å².